The minimum Gasteiger partial charge on any atom is -0.507 e. The van der Waals surface area contributed by atoms with Crippen molar-refractivity contribution in [3.63, 3.8) is 0 Å². The van der Waals surface area contributed by atoms with E-state index < -0.39 is 6.04 Å². The number of likely N-dealkylation sites (tertiary alicyclic amines) is 1. The molecule has 0 radical (unpaired) electrons. The van der Waals surface area contributed by atoms with E-state index in [1.807, 2.05) is 13.8 Å². The highest BCUT2D eigenvalue weighted by Crippen LogP contribution is 2.27. The van der Waals surface area contributed by atoms with Crippen LogP contribution in [-0.2, 0) is 4.79 Å². The van der Waals surface area contributed by atoms with Gasteiger partial charge in [-0.05, 0) is 38.8 Å². The summed E-state index contributed by atoms with van der Waals surface area (Å²) >= 11 is 0. The molecule has 2 amide bonds. The zero-order valence-corrected chi connectivity index (χ0v) is 14.0. The average molecular weight is 319 g/mol. The number of hydrogen-bond acceptors (Lipinski definition) is 4. The third-order valence-corrected chi connectivity index (χ3v) is 4.42. The Balaban J connectivity index is 2.30. The Bertz CT molecular complexity index is 599. The Morgan fingerprint density at radius 1 is 1.35 bits per heavy atom. The van der Waals surface area contributed by atoms with Crippen LogP contribution < -0.4 is 5.73 Å². The number of rotatable bonds is 4. The van der Waals surface area contributed by atoms with Crippen molar-refractivity contribution in [2.45, 2.75) is 39.3 Å². The van der Waals surface area contributed by atoms with Gasteiger partial charge >= 0.3 is 0 Å². The summed E-state index contributed by atoms with van der Waals surface area (Å²) in [7, 11) is 0. The fourth-order valence-corrected chi connectivity index (χ4v) is 3.06. The number of amides is 2. The second kappa shape index (κ2) is 7.00. The summed E-state index contributed by atoms with van der Waals surface area (Å²) < 4.78 is 0. The lowest BCUT2D eigenvalue weighted by Crippen LogP contribution is -2.47. The van der Waals surface area contributed by atoms with Gasteiger partial charge in [0, 0.05) is 25.7 Å². The zero-order valence-electron chi connectivity index (χ0n) is 14.0. The largest absolute Gasteiger partial charge is 0.507 e. The molecular formula is C17H25N3O3. The van der Waals surface area contributed by atoms with Crippen LogP contribution in [0.25, 0.3) is 0 Å². The van der Waals surface area contributed by atoms with Crippen molar-refractivity contribution in [3.8, 4) is 5.75 Å². The van der Waals surface area contributed by atoms with Gasteiger partial charge in [0.05, 0.1) is 5.56 Å². The minimum atomic E-state index is -0.558. The van der Waals surface area contributed by atoms with Crippen LogP contribution in [0.4, 0.5) is 0 Å². The Labute approximate surface area is 136 Å². The van der Waals surface area contributed by atoms with Gasteiger partial charge in [0.15, 0.2) is 0 Å². The van der Waals surface area contributed by atoms with Crippen LogP contribution in [0.1, 0.15) is 36.2 Å². The Kier molecular flexibility index (Phi) is 5.26. The molecule has 6 heteroatoms. The predicted molar refractivity (Wildman–Crippen MR) is 88.2 cm³/mol. The minimum absolute atomic E-state index is 0.0352. The number of benzene rings is 1. The molecule has 2 rings (SSSR count). The number of likely N-dealkylation sites (N-methyl/N-ethyl adjacent to an activating group) is 1. The van der Waals surface area contributed by atoms with Gasteiger partial charge in [0.2, 0.25) is 5.91 Å². The number of aryl methyl sites for hydroxylation is 1. The van der Waals surface area contributed by atoms with Gasteiger partial charge in [-0.3, -0.25) is 9.59 Å². The first kappa shape index (κ1) is 17.3. The smallest absolute Gasteiger partial charge is 0.258 e. The third-order valence-electron chi connectivity index (χ3n) is 4.42. The van der Waals surface area contributed by atoms with Crippen LogP contribution in [0.2, 0.25) is 0 Å². The van der Waals surface area contributed by atoms with Gasteiger partial charge in [-0.1, -0.05) is 12.1 Å². The summed E-state index contributed by atoms with van der Waals surface area (Å²) in [6.07, 6.45) is 0.452. The van der Waals surface area contributed by atoms with Crippen molar-refractivity contribution in [2.75, 3.05) is 19.6 Å². The number of hydrogen-bond donors (Lipinski definition) is 2. The number of phenols is 1. The molecule has 0 spiro atoms. The molecule has 0 saturated carbocycles. The molecular weight excluding hydrogens is 294 g/mol. The SMILES string of the molecule is CCN(CC)C(=O)[C@@H]1C[C@H](N)CN1C(=O)c1cccc(C)c1O. The van der Waals surface area contributed by atoms with Crippen molar-refractivity contribution < 1.29 is 14.7 Å². The maximum absolute atomic E-state index is 12.8. The van der Waals surface area contributed by atoms with Gasteiger partial charge in [-0.15, -0.1) is 0 Å². The Hall–Kier alpha value is -2.08. The molecule has 1 aromatic rings. The molecule has 1 aliphatic rings. The van der Waals surface area contributed by atoms with E-state index in [0.29, 0.717) is 31.6 Å². The molecule has 0 aliphatic carbocycles. The third kappa shape index (κ3) is 3.32. The van der Waals surface area contributed by atoms with Crippen LogP contribution in [0, 0.1) is 6.92 Å². The van der Waals surface area contributed by atoms with E-state index in [-0.39, 0.29) is 29.2 Å². The van der Waals surface area contributed by atoms with Crippen LogP contribution >= 0.6 is 0 Å². The molecule has 0 unspecified atom stereocenters. The van der Waals surface area contributed by atoms with Crippen LogP contribution in [-0.4, -0.2) is 58.4 Å². The van der Waals surface area contributed by atoms with E-state index >= 15 is 0 Å². The second-order valence-corrected chi connectivity index (χ2v) is 5.95. The van der Waals surface area contributed by atoms with Crippen LogP contribution in [0.15, 0.2) is 18.2 Å². The lowest BCUT2D eigenvalue weighted by atomic mass is 10.1. The fraction of sp³-hybridized carbons (Fsp3) is 0.529. The summed E-state index contributed by atoms with van der Waals surface area (Å²) in [6.45, 7) is 7.07. The molecule has 1 aromatic carbocycles. The van der Waals surface area contributed by atoms with Gasteiger partial charge in [-0.25, -0.2) is 0 Å². The van der Waals surface area contributed by atoms with Gasteiger partial charge in [0.1, 0.15) is 11.8 Å². The fourth-order valence-electron chi connectivity index (χ4n) is 3.06. The molecule has 6 nitrogen and oxygen atoms in total. The number of nitrogens with two attached hydrogens (primary N) is 1. The van der Waals surface area contributed by atoms with E-state index in [1.54, 1.807) is 30.0 Å². The molecule has 0 bridgehead atoms. The summed E-state index contributed by atoms with van der Waals surface area (Å²) in [6, 6.07) is 4.25. The summed E-state index contributed by atoms with van der Waals surface area (Å²) in [5.74, 6) is -0.458. The monoisotopic (exact) mass is 319 g/mol. The van der Waals surface area contributed by atoms with E-state index in [2.05, 4.69) is 0 Å². The average Bonchev–Trinajstić information content (AvgIpc) is 2.92. The molecule has 2 atom stereocenters. The molecule has 126 valence electrons. The lowest BCUT2D eigenvalue weighted by Gasteiger charge is -2.29. The number of nitrogens with zero attached hydrogens (tertiary/aromatic N) is 2. The highest BCUT2D eigenvalue weighted by molar-refractivity contribution is 6.00. The zero-order chi connectivity index (χ0) is 17.1. The Morgan fingerprint density at radius 3 is 2.61 bits per heavy atom. The molecule has 0 aromatic heterocycles. The van der Waals surface area contributed by atoms with Gasteiger partial charge in [-0.2, -0.15) is 0 Å². The standard InChI is InChI=1S/C17H25N3O3/c1-4-19(5-2)17(23)14-9-12(18)10-20(14)16(22)13-8-6-7-11(3)15(13)21/h6-8,12,14,21H,4-5,9-10,18H2,1-3H3/t12-,14-/m0/s1. The van der Waals surface area contributed by atoms with Crippen LogP contribution in [0.5, 0.6) is 5.75 Å². The number of carbonyl (C=O) groups is 2. The van der Waals surface area contributed by atoms with E-state index in [1.165, 1.54) is 4.90 Å². The molecule has 3 N–H and O–H groups in total. The van der Waals surface area contributed by atoms with Crippen molar-refractivity contribution in [2.24, 2.45) is 5.73 Å². The molecule has 1 aliphatic heterocycles. The van der Waals surface area contributed by atoms with Crippen molar-refractivity contribution in [1.82, 2.24) is 9.80 Å². The predicted octanol–water partition coefficient (Wildman–Crippen LogP) is 1.11. The number of phenolic OH excluding ortho intramolecular Hbond substituents is 1. The van der Waals surface area contributed by atoms with Crippen molar-refractivity contribution in [1.29, 1.82) is 0 Å². The quantitative estimate of drug-likeness (QED) is 0.870. The number of aromatic hydroxyl groups is 1. The maximum atomic E-state index is 12.8. The van der Waals surface area contributed by atoms with Gasteiger partial charge < -0.3 is 20.6 Å². The van der Waals surface area contributed by atoms with Crippen molar-refractivity contribution >= 4 is 11.8 Å². The highest BCUT2D eigenvalue weighted by atomic mass is 16.3. The maximum Gasteiger partial charge on any atom is 0.258 e. The number of carbonyl (C=O) groups excluding carboxylic acids is 2. The highest BCUT2D eigenvalue weighted by Gasteiger charge is 2.40. The lowest BCUT2D eigenvalue weighted by molar-refractivity contribution is -0.134. The summed E-state index contributed by atoms with van der Waals surface area (Å²) in [4.78, 5) is 28.7. The number of para-hydroxylation sites is 1. The van der Waals surface area contributed by atoms with E-state index in [9.17, 15) is 14.7 Å². The molecule has 23 heavy (non-hydrogen) atoms. The first-order valence-electron chi connectivity index (χ1n) is 8.04. The topological polar surface area (TPSA) is 86.9 Å². The van der Waals surface area contributed by atoms with E-state index in [0.717, 1.165) is 0 Å². The van der Waals surface area contributed by atoms with E-state index in [4.69, 9.17) is 5.73 Å². The summed E-state index contributed by atoms with van der Waals surface area (Å²) in [5, 5.41) is 10.1. The Morgan fingerprint density at radius 2 is 2.00 bits per heavy atom. The first-order valence-corrected chi connectivity index (χ1v) is 8.04. The summed E-state index contributed by atoms with van der Waals surface area (Å²) in [5.41, 5.74) is 6.84. The molecule has 1 heterocycles. The van der Waals surface area contributed by atoms with Gasteiger partial charge in [0.25, 0.3) is 5.91 Å². The first-order chi connectivity index (χ1) is 10.9. The van der Waals surface area contributed by atoms with Crippen molar-refractivity contribution in [3.05, 3.63) is 29.3 Å². The normalized spacial score (nSPS) is 20.6. The van der Waals surface area contributed by atoms with Crippen LogP contribution in [0.3, 0.4) is 0 Å². The molecule has 1 saturated heterocycles. The molecule has 1 fully saturated rings. The second-order valence-electron chi connectivity index (χ2n) is 5.95.